The van der Waals surface area contributed by atoms with E-state index in [1.807, 2.05) is 26.0 Å². The molecular formula is C43H36F6N2O2. The number of anilines is 1. The zero-order valence-electron chi connectivity index (χ0n) is 29.8. The van der Waals surface area contributed by atoms with E-state index in [2.05, 4.69) is 55.7 Å². The van der Waals surface area contributed by atoms with Crippen molar-refractivity contribution in [2.24, 2.45) is 0 Å². The summed E-state index contributed by atoms with van der Waals surface area (Å²) < 4.78 is 88.7. The summed E-state index contributed by atoms with van der Waals surface area (Å²) in [5.74, 6) is -1.43. The normalized spacial score (nSPS) is 16.1. The second-order valence-electron chi connectivity index (χ2n) is 14.1. The molecule has 0 saturated heterocycles. The summed E-state index contributed by atoms with van der Waals surface area (Å²) in [5, 5.41) is 5.23. The Balaban J connectivity index is 1.28. The maximum Gasteiger partial charge on any atom is 0.411 e. The minimum absolute atomic E-state index is 0.00330. The average molecular weight is 727 g/mol. The molecule has 2 N–H and O–H groups in total. The van der Waals surface area contributed by atoms with E-state index in [1.54, 1.807) is 0 Å². The lowest BCUT2D eigenvalue weighted by Crippen LogP contribution is -2.54. The van der Waals surface area contributed by atoms with Crippen molar-refractivity contribution >= 4 is 17.5 Å². The third kappa shape index (κ3) is 5.20. The maximum atomic E-state index is 14.8. The van der Waals surface area contributed by atoms with Crippen LogP contribution in [0.5, 0.6) is 0 Å². The Bertz CT molecular complexity index is 2310. The van der Waals surface area contributed by atoms with Gasteiger partial charge in [-0.2, -0.15) is 26.3 Å². The van der Waals surface area contributed by atoms with Gasteiger partial charge >= 0.3 is 12.4 Å². The van der Waals surface area contributed by atoms with Crippen molar-refractivity contribution in [3.63, 3.8) is 0 Å². The number of benzene rings is 5. The Hall–Kier alpha value is -5.38. The number of amides is 2. The second-order valence-corrected chi connectivity index (χ2v) is 14.1. The fourth-order valence-corrected chi connectivity index (χ4v) is 8.65. The van der Waals surface area contributed by atoms with Gasteiger partial charge in [-0.05, 0) is 131 Å². The molecule has 8 rings (SSSR count). The highest BCUT2D eigenvalue weighted by molar-refractivity contribution is 6.05. The van der Waals surface area contributed by atoms with Crippen molar-refractivity contribution in [2.75, 3.05) is 12.4 Å². The summed E-state index contributed by atoms with van der Waals surface area (Å²) in [5.41, 5.74) is 6.18. The zero-order valence-corrected chi connectivity index (χ0v) is 29.8. The van der Waals surface area contributed by atoms with Gasteiger partial charge < -0.3 is 10.6 Å². The van der Waals surface area contributed by atoms with Crippen LogP contribution in [0.3, 0.4) is 0 Å². The molecule has 0 fully saturated rings. The Labute approximate surface area is 303 Å². The molecule has 5 aromatic carbocycles. The van der Waals surface area contributed by atoms with E-state index in [1.165, 1.54) is 46.0 Å². The molecular weight excluding hydrogens is 690 g/mol. The lowest BCUT2D eigenvalue weighted by atomic mass is 9.58. The largest absolute Gasteiger partial charge is 0.411 e. The summed E-state index contributed by atoms with van der Waals surface area (Å²) in [6.07, 6.45) is -11.7. The second kappa shape index (κ2) is 12.4. The van der Waals surface area contributed by atoms with Crippen molar-refractivity contribution in [2.45, 2.75) is 64.2 Å². The fourth-order valence-electron chi connectivity index (χ4n) is 8.65. The molecule has 0 aromatic heterocycles. The number of rotatable bonds is 5. The van der Waals surface area contributed by atoms with E-state index in [9.17, 15) is 35.9 Å². The highest BCUT2D eigenvalue weighted by Crippen LogP contribution is 2.59. The molecule has 272 valence electrons. The third-order valence-corrected chi connectivity index (χ3v) is 11.4. The van der Waals surface area contributed by atoms with E-state index in [0.29, 0.717) is 30.0 Å². The highest BCUT2D eigenvalue weighted by atomic mass is 19.4. The number of alkyl halides is 6. The monoisotopic (exact) mass is 726 g/mol. The van der Waals surface area contributed by atoms with Gasteiger partial charge in [0, 0.05) is 35.7 Å². The predicted molar refractivity (Wildman–Crippen MR) is 192 cm³/mol. The van der Waals surface area contributed by atoms with Crippen LogP contribution in [0.2, 0.25) is 0 Å². The van der Waals surface area contributed by atoms with Crippen LogP contribution in [0.1, 0.15) is 105 Å². The number of carbonyl (C=O) groups excluding carboxylic acids is 2. The molecule has 0 spiro atoms. The van der Waals surface area contributed by atoms with Crippen LogP contribution in [-0.4, -0.2) is 31.2 Å². The van der Waals surface area contributed by atoms with Crippen LogP contribution < -0.4 is 10.6 Å². The van der Waals surface area contributed by atoms with Crippen molar-refractivity contribution < 1.29 is 35.9 Å². The van der Waals surface area contributed by atoms with Crippen molar-refractivity contribution in [1.29, 1.82) is 0 Å². The van der Waals surface area contributed by atoms with E-state index in [4.69, 9.17) is 0 Å². The Kier molecular flexibility index (Phi) is 8.39. The van der Waals surface area contributed by atoms with Crippen LogP contribution >= 0.6 is 0 Å². The molecule has 2 unspecified atom stereocenters. The minimum atomic E-state index is -5.83. The molecule has 3 aliphatic carbocycles. The molecule has 0 aliphatic heterocycles. The number of hydrogen-bond donors (Lipinski definition) is 2. The van der Waals surface area contributed by atoms with Gasteiger partial charge in [-0.3, -0.25) is 9.59 Å². The fraction of sp³-hybridized carbons (Fsp3) is 0.256. The standard InChI is InChI=1S/C43H36F6N2O2/c1-21-19-32-34(24(4)23(21)3)37-31-10-8-7-9-30(31)36(32)33-20-22(2)38(25(5)35(33)37)51-40(53)27-13-17-29(18-14-27)41(42(44,45)46,43(47,48)49)28-15-11-26(12-16-28)39(52)50-6/h7-20,36-37H,1-6H3,(H,50,52)(H,51,53). The van der Waals surface area contributed by atoms with Crippen LogP contribution in [-0.2, 0) is 5.41 Å². The van der Waals surface area contributed by atoms with Gasteiger partial charge in [0.1, 0.15) is 0 Å². The molecule has 5 aromatic rings. The first-order valence-corrected chi connectivity index (χ1v) is 17.1. The molecule has 53 heavy (non-hydrogen) atoms. The van der Waals surface area contributed by atoms with Crippen LogP contribution in [0.4, 0.5) is 32.0 Å². The summed E-state index contributed by atoms with van der Waals surface area (Å²) in [7, 11) is 1.29. The molecule has 0 heterocycles. The van der Waals surface area contributed by atoms with E-state index in [0.717, 1.165) is 46.5 Å². The lowest BCUT2D eigenvalue weighted by molar-refractivity contribution is -0.288. The van der Waals surface area contributed by atoms with Crippen molar-refractivity contribution in [1.82, 2.24) is 5.32 Å². The molecule has 4 nitrogen and oxygen atoms in total. The third-order valence-electron chi connectivity index (χ3n) is 11.4. The van der Waals surface area contributed by atoms with Crippen molar-refractivity contribution in [3.05, 3.63) is 168 Å². The Morgan fingerprint density at radius 2 is 1.00 bits per heavy atom. The quantitative estimate of drug-likeness (QED) is 0.174. The summed E-state index contributed by atoms with van der Waals surface area (Å²) in [4.78, 5) is 25.7. The Morgan fingerprint density at radius 3 is 1.49 bits per heavy atom. The first kappa shape index (κ1) is 36.0. The first-order valence-electron chi connectivity index (χ1n) is 17.1. The summed E-state index contributed by atoms with van der Waals surface area (Å²) in [6.45, 7) is 10.2. The number of nitrogens with one attached hydrogen (secondary N) is 2. The van der Waals surface area contributed by atoms with Crippen molar-refractivity contribution in [3.8, 4) is 0 Å². The number of halogens is 6. The van der Waals surface area contributed by atoms with Gasteiger partial charge in [-0.15, -0.1) is 0 Å². The van der Waals surface area contributed by atoms with Gasteiger partial charge in [0.2, 0.25) is 5.41 Å². The van der Waals surface area contributed by atoms with E-state index >= 15 is 0 Å². The van der Waals surface area contributed by atoms with Gasteiger partial charge in [0.15, 0.2) is 0 Å². The van der Waals surface area contributed by atoms with Crippen LogP contribution in [0.25, 0.3) is 0 Å². The molecule has 0 radical (unpaired) electrons. The lowest BCUT2D eigenvalue weighted by Gasteiger charge is -2.45. The topological polar surface area (TPSA) is 58.2 Å². The molecule has 2 atom stereocenters. The predicted octanol–water partition coefficient (Wildman–Crippen LogP) is 10.2. The number of carbonyl (C=O) groups is 2. The van der Waals surface area contributed by atoms with E-state index in [-0.39, 0.29) is 23.0 Å². The highest BCUT2D eigenvalue weighted by Gasteiger charge is 2.72. The average Bonchev–Trinajstić information content (AvgIpc) is 3.11. The van der Waals surface area contributed by atoms with E-state index < -0.39 is 40.7 Å². The van der Waals surface area contributed by atoms with Gasteiger partial charge in [0.25, 0.3) is 11.8 Å². The molecule has 0 saturated carbocycles. The first-order chi connectivity index (χ1) is 24.9. The van der Waals surface area contributed by atoms with Gasteiger partial charge in [-0.25, -0.2) is 0 Å². The molecule has 2 amide bonds. The number of aryl methyl sites for hydroxylation is 2. The van der Waals surface area contributed by atoms with Gasteiger partial charge in [0.05, 0.1) is 0 Å². The molecule has 3 aliphatic rings. The Morgan fingerprint density at radius 1 is 0.547 bits per heavy atom. The van der Waals surface area contributed by atoms with Crippen LogP contribution in [0, 0.1) is 34.6 Å². The minimum Gasteiger partial charge on any atom is -0.355 e. The molecule has 2 bridgehead atoms. The van der Waals surface area contributed by atoms with Gasteiger partial charge in [-0.1, -0.05) is 60.7 Å². The van der Waals surface area contributed by atoms with Crippen LogP contribution in [0.15, 0.2) is 84.9 Å². The maximum absolute atomic E-state index is 14.8. The zero-order chi connectivity index (χ0) is 38.4. The summed E-state index contributed by atoms with van der Waals surface area (Å²) >= 11 is 0. The number of hydrogen-bond acceptors (Lipinski definition) is 2. The molecule has 10 heteroatoms. The smallest absolute Gasteiger partial charge is 0.355 e. The summed E-state index contributed by atoms with van der Waals surface area (Å²) in [6, 6.07) is 19.2. The SMILES string of the molecule is CNC(=O)c1ccc(C(c2ccc(C(=O)Nc3c(C)cc4c(c3C)C3c5ccccc5C4c4cc(C)c(C)c(C)c43)cc2)(C(F)(F)F)C(F)(F)F)cc1.